The van der Waals surface area contributed by atoms with E-state index in [1.165, 1.54) is 21.1 Å². The summed E-state index contributed by atoms with van der Waals surface area (Å²) in [5.41, 5.74) is 1.46. The Morgan fingerprint density at radius 1 is 1.13 bits per heavy atom. The number of aromatic nitrogens is 2. The first-order valence-electron chi connectivity index (χ1n) is 9.74. The number of carbonyl (C=O) groups excluding carboxylic acids is 1. The van der Waals surface area contributed by atoms with Crippen LogP contribution in [0.5, 0.6) is 0 Å². The number of nitrogens with one attached hydrogen (secondary N) is 1. The van der Waals surface area contributed by atoms with E-state index < -0.39 is 0 Å². The number of hydrogen-bond donors (Lipinski definition) is 2. The van der Waals surface area contributed by atoms with E-state index in [0.29, 0.717) is 40.2 Å². The number of aliphatic hydroxyl groups excluding tert-OH is 1. The van der Waals surface area contributed by atoms with E-state index in [2.05, 4.69) is 10.3 Å². The SMILES string of the molecule is O=C1/C(=C/c2c(NCCCO)nc3ccccn3c2=O)SC(=S)N1Cc1ccccc1. The van der Waals surface area contributed by atoms with Crippen LogP contribution in [0.15, 0.2) is 64.4 Å². The van der Waals surface area contributed by atoms with Crippen LogP contribution < -0.4 is 10.9 Å². The molecule has 1 aliphatic heterocycles. The number of aliphatic hydroxyl groups is 1. The van der Waals surface area contributed by atoms with Crippen LogP contribution in [0.4, 0.5) is 5.82 Å². The highest BCUT2D eigenvalue weighted by Gasteiger charge is 2.32. The van der Waals surface area contributed by atoms with Gasteiger partial charge in [0, 0.05) is 19.3 Å². The number of fused-ring (bicyclic) bond motifs is 1. The Kier molecular flexibility index (Phi) is 6.45. The number of hydrogen-bond acceptors (Lipinski definition) is 7. The van der Waals surface area contributed by atoms with Crippen molar-refractivity contribution >= 4 is 51.7 Å². The quantitative estimate of drug-likeness (QED) is 0.324. The minimum absolute atomic E-state index is 0.0209. The lowest BCUT2D eigenvalue weighted by molar-refractivity contribution is -0.122. The molecule has 7 nitrogen and oxygen atoms in total. The summed E-state index contributed by atoms with van der Waals surface area (Å²) in [5.74, 6) is 0.135. The second-order valence-electron chi connectivity index (χ2n) is 6.87. The van der Waals surface area contributed by atoms with Crippen molar-refractivity contribution in [2.75, 3.05) is 18.5 Å². The molecular formula is C22H20N4O3S2. The van der Waals surface area contributed by atoms with Gasteiger partial charge in [-0.3, -0.25) is 18.9 Å². The fraction of sp³-hybridized carbons (Fsp3) is 0.182. The third-order valence-corrected chi connectivity index (χ3v) is 6.11. The van der Waals surface area contributed by atoms with Gasteiger partial charge in [-0.1, -0.05) is 60.4 Å². The molecule has 1 aliphatic rings. The van der Waals surface area contributed by atoms with Gasteiger partial charge in [-0.15, -0.1) is 0 Å². The summed E-state index contributed by atoms with van der Waals surface area (Å²) in [6.07, 6.45) is 3.70. The molecule has 0 atom stereocenters. The average Bonchev–Trinajstić information content (AvgIpc) is 3.04. The minimum atomic E-state index is -0.287. The number of nitrogens with zero attached hydrogens (tertiary/aromatic N) is 3. The van der Waals surface area contributed by atoms with Gasteiger partial charge in [-0.25, -0.2) is 4.98 Å². The molecule has 2 N–H and O–H groups in total. The summed E-state index contributed by atoms with van der Waals surface area (Å²) in [4.78, 5) is 32.6. The van der Waals surface area contributed by atoms with Crippen molar-refractivity contribution in [3.8, 4) is 0 Å². The monoisotopic (exact) mass is 452 g/mol. The van der Waals surface area contributed by atoms with E-state index >= 15 is 0 Å². The van der Waals surface area contributed by atoms with E-state index in [0.717, 1.165) is 5.56 Å². The maximum absolute atomic E-state index is 13.2. The average molecular weight is 453 g/mol. The number of thioether (sulfide) groups is 1. The highest BCUT2D eigenvalue weighted by atomic mass is 32.2. The van der Waals surface area contributed by atoms with Crippen LogP contribution in [-0.4, -0.2) is 42.8 Å². The first kappa shape index (κ1) is 21.2. The molecule has 4 rings (SSSR count). The van der Waals surface area contributed by atoms with E-state index in [4.69, 9.17) is 17.3 Å². The molecule has 1 saturated heterocycles. The van der Waals surface area contributed by atoms with Gasteiger partial charge < -0.3 is 10.4 Å². The van der Waals surface area contributed by atoms with Crippen LogP contribution >= 0.6 is 24.0 Å². The zero-order chi connectivity index (χ0) is 21.8. The van der Waals surface area contributed by atoms with Crippen LogP contribution in [0, 0.1) is 0 Å². The van der Waals surface area contributed by atoms with Gasteiger partial charge in [0.2, 0.25) is 0 Å². The molecule has 158 valence electrons. The van der Waals surface area contributed by atoms with E-state index in [1.54, 1.807) is 30.5 Å². The second kappa shape index (κ2) is 9.42. The standard InChI is InChI=1S/C22H20N4O3S2/c27-12-6-10-23-19-16(20(28)25-11-5-4-9-18(25)24-19)13-17-21(29)26(22(30)31-17)14-15-7-2-1-3-8-15/h1-5,7-9,11,13,23,27H,6,10,12,14H2/b17-13-. The molecule has 1 fully saturated rings. The van der Waals surface area contributed by atoms with Gasteiger partial charge >= 0.3 is 0 Å². The lowest BCUT2D eigenvalue weighted by Gasteiger charge is -2.14. The molecule has 1 amide bonds. The van der Waals surface area contributed by atoms with Gasteiger partial charge in [0.05, 0.1) is 17.0 Å². The Bertz CT molecular complexity index is 1220. The summed E-state index contributed by atoms with van der Waals surface area (Å²) in [7, 11) is 0. The normalized spacial score (nSPS) is 15.3. The van der Waals surface area contributed by atoms with Gasteiger partial charge in [-0.05, 0) is 30.2 Å². The van der Waals surface area contributed by atoms with E-state index in [1.807, 2.05) is 30.3 Å². The number of benzene rings is 1. The van der Waals surface area contributed by atoms with Gasteiger partial charge in [-0.2, -0.15) is 0 Å². The number of pyridine rings is 1. The van der Waals surface area contributed by atoms with Crippen LogP contribution in [-0.2, 0) is 11.3 Å². The third kappa shape index (κ3) is 4.53. The Morgan fingerprint density at radius 3 is 2.68 bits per heavy atom. The number of rotatable bonds is 7. The zero-order valence-electron chi connectivity index (χ0n) is 16.5. The predicted molar refractivity (Wildman–Crippen MR) is 127 cm³/mol. The predicted octanol–water partition coefficient (Wildman–Crippen LogP) is 2.89. The molecule has 9 heteroatoms. The molecule has 0 unspecified atom stereocenters. The molecule has 31 heavy (non-hydrogen) atoms. The fourth-order valence-electron chi connectivity index (χ4n) is 3.19. The molecular weight excluding hydrogens is 432 g/mol. The lowest BCUT2D eigenvalue weighted by atomic mass is 10.2. The minimum Gasteiger partial charge on any atom is -0.396 e. The number of carbonyl (C=O) groups is 1. The molecule has 2 aromatic heterocycles. The zero-order valence-corrected chi connectivity index (χ0v) is 18.2. The summed E-state index contributed by atoms with van der Waals surface area (Å²) in [6.45, 7) is 0.841. The molecule has 0 radical (unpaired) electrons. The largest absolute Gasteiger partial charge is 0.396 e. The summed E-state index contributed by atoms with van der Waals surface area (Å²) in [5, 5.41) is 12.2. The molecule has 1 aromatic carbocycles. The Balaban J connectivity index is 1.71. The van der Waals surface area contributed by atoms with Crippen molar-refractivity contribution in [3.63, 3.8) is 0 Å². The van der Waals surface area contributed by atoms with Crippen LogP contribution in [0.2, 0.25) is 0 Å². The van der Waals surface area contributed by atoms with Crippen molar-refractivity contribution in [1.82, 2.24) is 14.3 Å². The lowest BCUT2D eigenvalue weighted by Crippen LogP contribution is -2.27. The molecule has 0 saturated carbocycles. The first-order valence-corrected chi connectivity index (χ1v) is 11.0. The van der Waals surface area contributed by atoms with E-state index in [-0.39, 0.29) is 23.6 Å². The summed E-state index contributed by atoms with van der Waals surface area (Å²) < 4.78 is 1.89. The molecule has 3 aromatic rings. The topological polar surface area (TPSA) is 86.9 Å². The third-order valence-electron chi connectivity index (χ3n) is 4.73. The maximum Gasteiger partial charge on any atom is 0.267 e. The van der Waals surface area contributed by atoms with Crippen molar-refractivity contribution in [2.24, 2.45) is 0 Å². The molecule has 3 heterocycles. The highest BCUT2D eigenvalue weighted by molar-refractivity contribution is 8.26. The number of amides is 1. The van der Waals surface area contributed by atoms with Crippen molar-refractivity contribution in [2.45, 2.75) is 13.0 Å². The van der Waals surface area contributed by atoms with Gasteiger partial charge in [0.15, 0.2) is 0 Å². The van der Waals surface area contributed by atoms with Crippen molar-refractivity contribution in [3.05, 3.63) is 81.1 Å². The van der Waals surface area contributed by atoms with Crippen molar-refractivity contribution < 1.29 is 9.90 Å². The highest BCUT2D eigenvalue weighted by Crippen LogP contribution is 2.34. The Morgan fingerprint density at radius 2 is 1.90 bits per heavy atom. The van der Waals surface area contributed by atoms with Gasteiger partial charge in [0.25, 0.3) is 11.5 Å². The Hall–Kier alpha value is -3.01. The van der Waals surface area contributed by atoms with Gasteiger partial charge in [0.1, 0.15) is 15.8 Å². The van der Waals surface area contributed by atoms with Crippen LogP contribution in [0.3, 0.4) is 0 Å². The molecule has 0 aliphatic carbocycles. The fourth-order valence-corrected chi connectivity index (χ4v) is 4.42. The Labute approximate surface area is 188 Å². The maximum atomic E-state index is 13.2. The second-order valence-corrected chi connectivity index (χ2v) is 8.54. The molecule has 0 spiro atoms. The number of anilines is 1. The molecule has 0 bridgehead atoms. The number of thiocarbonyl (C=S) groups is 1. The summed E-state index contributed by atoms with van der Waals surface area (Å²) >= 11 is 6.60. The van der Waals surface area contributed by atoms with Crippen LogP contribution in [0.25, 0.3) is 11.7 Å². The summed E-state index contributed by atoms with van der Waals surface area (Å²) in [6, 6.07) is 14.9. The first-order chi connectivity index (χ1) is 15.1. The van der Waals surface area contributed by atoms with Crippen LogP contribution in [0.1, 0.15) is 17.5 Å². The van der Waals surface area contributed by atoms with Crippen molar-refractivity contribution in [1.29, 1.82) is 0 Å². The smallest absolute Gasteiger partial charge is 0.267 e. The van der Waals surface area contributed by atoms with E-state index in [9.17, 15) is 9.59 Å².